The van der Waals surface area contributed by atoms with Crippen molar-refractivity contribution in [3.05, 3.63) is 46.9 Å². The SMILES string of the molecule is CC(C(=O)NCCc1cscn1)n1nnc(-c2ccccc2)n1. The van der Waals surface area contributed by atoms with Gasteiger partial charge in [-0.05, 0) is 12.1 Å². The molecule has 0 saturated heterocycles. The first-order valence-electron chi connectivity index (χ1n) is 7.24. The number of thiazole rings is 1. The molecular weight excluding hydrogens is 312 g/mol. The molecule has 2 aromatic heterocycles. The van der Waals surface area contributed by atoms with Crippen LogP contribution in [-0.2, 0) is 11.2 Å². The van der Waals surface area contributed by atoms with Crippen LogP contribution in [0.2, 0.25) is 0 Å². The fourth-order valence-electron chi connectivity index (χ4n) is 2.02. The molecule has 118 valence electrons. The minimum absolute atomic E-state index is 0.141. The Labute approximate surface area is 137 Å². The third-order valence-electron chi connectivity index (χ3n) is 3.35. The van der Waals surface area contributed by atoms with Crippen LogP contribution in [0.4, 0.5) is 0 Å². The highest BCUT2D eigenvalue weighted by molar-refractivity contribution is 7.07. The van der Waals surface area contributed by atoms with Crippen LogP contribution in [-0.4, -0.2) is 37.6 Å². The number of rotatable bonds is 6. The van der Waals surface area contributed by atoms with E-state index in [2.05, 4.69) is 25.7 Å². The van der Waals surface area contributed by atoms with Gasteiger partial charge in [-0.2, -0.15) is 4.80 Å². The van der Waals surface area contributed by atoms with Crippen LogP contribution in [0.15, 0.2) is 41.2 Å². The molecule has 0 fully saturated rings. The van der Waals surface area contributed by atoms with Gasteiger partial charge in [0.15, 0.2) is 0 Å². The molecule has 2 heterocycles. The van der Waals surface area contributed by atoms with Crippen LogP contribution < -0.4 is 5.32 Å². The summed E-state index contributed by atoms with van der Waals surface area (Å²) in [6.07, 6.45) is 0.710. The minimum Gasteiger partial charge on any atom is -0.354 e. The van der Waals surface area contributed by atoms with Gasteiger partial charge in [-0.15, -0.1) is 21.5 Å². The zero-order valence-electron chi connectivity index (χ0n) is 12.6. The highest BCUT2D eigenvalue weighted by Crippen LogP contribution is 2.13. The van der Waals surface area contributed by atoms with Gasteiger partial charge < -0.3 is 5.32 Å². The molecule has 3 rings (SSSR count). The molecule has 0 aliphatic carbocycles. The van der Waals surface area contributed by atoms with Gasteiger partial charge >= 0.3 is 0 Å². The molecule has 0 saturated carbocycles. The van der Waals surface area contributed by atoms with Crippen molar-refractivity contribution in [3.63, 3.8) is 0 Å². The van der Waals surface area contributed by atoms with E-state index in [1.54, 1.807) is 23.8 Å². The van der Waals surface area contributed by atoms with Gasteiger partial charge in [0, 0.05) is 23.9 Å². The number of hydrogen-bond acceptors (Lipinski definition) is 6. The summed E-state index contributed by atoms with van der Waals surface area (Å²) in [6.45, 7) is 2.28. The molecule has 0 aliphatic rings. The van der Waals surface area contributed by atoms with Crippen LogP contribution in [0.1, 0.15) is 18.7 Å². The number of aromatic nitrogens is 5. The Kier molecular flexibility index (Phi) is 4.72. The van der Waals surface area contributed by atoms with E-state index in [0.717, 1.165) is 11.3 Å². The smallest absolute Gasteiger partial charge is 0.246 e. The van der Waals surface area contributed by atoms with Gasteiger partial charge in [0.25, 0.3) is 0 Å². The normalized spacial score (nSPS) is 12.0. The van der Waals surface area contributed by atoms with Gasteiger partial charge in [-0.3, -0.25) is 4.79 Å². The number of benzene rings is 1. The number of carbonyl (C=O) groups is 1. The van der Waals surface area contributed by atoms with Gasteiger partial charge in [-0.1, -0.05) is 30.3 Å². The number of carbonyl (C=O) groups excluding carboxylic acids is 1. The minimum atomic E-state index is -0.518. The summed E-state index contributed by atoms with van der Waals surface area (Å²) >= 11 is 1.55. The largest absolute Gasteiger partial charge is 0.354 e. The third-order valence-corrected chi connectivity index (χ3v) is 3.99. The summed E-state index contributed by atoms with van der Waals surface area (Å²) in [5, 5.41) is 17.1. The Hall–Kier alpha value is -2.61. The summed E-state index contributed by atoms with van der Waals surface area (Å²) in [4.78, 5) is 17.7. The fraction of sp³-hybridized carbons (Fsp3) is 0.267. The van der Waals surface area contributed by atoms with Crippen molar-refractivity contribution in [1.29, 1.82) is 0 Å². The number of nitrogens with zero attached hydrogens (tertiary/aromatic N) is 5. The molecule has 7 nitrogen and oxygen atoms in total. The lowest BCUT2D eigenvalue weighted by molar-refractivity contribution is -0.124. The maximum absolute atomic E-state index is 12.2. The molecule has 0 bridgehead atoms. The number of hydrogen-bond donors (Lipinski definition) is 1. The summed E-state index contributed by atoms with van der Waals surface area (Å²) in [7, 11) is 0. The highest BCUT2D eigenvalue weighted by atomic mass is 32.1. The second kappa shape index (κ2) is 7.10. The van der Waals surface area contributed by atoms with Crippen molar-refractivity contribution in [2.45, 2.75) is 19.4 Å². The molecule has 1 aromatic carbocycles. The molecule has 1 amide bonds. The molecule has 8 heteroatoms. The van der Waals surface area contributed by atoms with Crippen molar-refractivity contribution in [1.82, 2.24) is 30.5 Å². The van der Waals surface area contributed by atoms with Crippen LogP contribution in [0.3, 0.4) is 0 Å². The van der Waals surface area contributed by atoms with Crippen molar-refractivity contribution in [3.8, 4) is 11.4 Å². The highest BCUT2D eigenvalue weighted by Gasteiger charge is 2.18. The molecule has 1 unspecified atom stereocenters. The van der Waals surface area contributed by atoms with Crippen molar-refractivity contribution >= 4 is 17.2 Å². The molecule has 3 aromatic rings. The number of nitrogens with one attached hydrogen (secondary N) is 1. The predicted molar refractivity (Wildman–Crippen MR) is 86.8 cm³/mol. The molecule has 0 spiro atoms. The first-order valence-corrected chi connectivity index (χ1v) is 8.18. The lowest BCUT2D eigenvalue weighted by Crippen LogP contribution is -2.33. The molecule has 1 atom stereocenters. The van der Waals surface area contributed by atoms with Crippen LogP contribution in [0.5, 0.6) is 0 Å². The fourth-order valence-corrected chi connectivity index (χ4v) is 2.61. The maximum atomic E-state index is 12.2. The van der Waals surface area contributed by atoms with E-state index in [0.29, 0.717) is 18.8 Å². The molecule has 1 N–H and O–H groups in total. The second-order valence-electron chi connectivity index (χ2n) is 5.00. The Bertz CT molecular complexity index is 755. The lowest BCUT2D eigenvalue weighted by Gasteiger charge is -2.10. The Balaban J connectivity index is 1.58. The van der Waals surface area contributed by atoms with Gasteiger partial charge in [0.05, 0.1) is 11.2 Å². The van der Waals surface area contributed by atoms with Gasteiger partial charge in [0.2, 0.25) is 11.7 Å². The van der Waals surface area contributed by atoms with E-state index in [9.17, 15) is 4.79 Å². The summed E-state index contributed by atoms with van der Waals surface area (Å²) in [6, 6.07) is 9.03. The second-order valence-corrected chi connectivity index (χ2v) is 5.71. The number of tetrazole rings is 1. The van der Waals surface area contributed by atoms with Gasteiger partial charge in [-0.25, -0.2) is 4.98 Å². The molecule has 0 aliphatic heterocycles. The predicted octanol–water partition coefficient (Wildman–Crippen LogP) is 1.72. The van der Waals surface area contributed by atoms with Crippen molar-refractivity contribution < 1.29 is 4.79 Å². The Morgan fingerprint density at radius 2 is 2.17 bits per heavy atom. The standard InChI is InChI=1S/C15H16N6OS/c1-11(15(22)16-8-7-13-9-23-10-17-13)21-19-14(18-20-21)12-5-3-2-4-6-12/h2-6,9-11H,7-8H2,1H3,(H,16,22). The zero-order chi connectivity index (χ0) is 16.1. The molecule has 23 heavy (non-hydrogen) atoms. The van der Waals surface area contributed by atoms with Crippen molar-refractivity contribution in [2.75, 3.05) is 6.54 Å². The van der Waals surface area contributed by atoms with E-state index in [1.807, 2.05) is 35.7 Å². The summed E-state index contributed by atoms with van der Waals surface area (Å²) in [5.74, 6) is 0.366. The van der Waals surface area contributed by atoms with E-state index >= 15 is 0 Å². The van der Waals surface area contributed by atoms with Crippen molar-refractivity contribution in [2.24, 2.45) is 0 Å². The van der Waals surface area contributed by atoms with Gasteiger partial charge in [0.1, 0.15) is 6.04 Å². The van der Waals surface area contributed by atoms with Crippen LogP contribution in [0, 0.1) is 0 Å². The zero-order valence-corrected chi connectivity index (χ0v) is 13.4. The quantitative estimate of drug-likeness (QED) is 0.744. The van der Waals surface area contributed by atoms with E-state index < -0.39 is 6.04 Å². The summed E-state index contributed by atoms with van der Waals surface area (Å²) in [5.41, 5.74) is 3.63. The molecular formula is C15H16N6OS. The average molecular weight is 328 g/mol. The monoisotopic (exact) mass is 328 g/mol. The average Bonchev–Trinajstić information content (AvgIpc) is 3.26. The Morgan fingerprint density at radius 3 is 2.91 bits per heavy atom. The van der Waals surface area contributed by atoms with Crippen LogP contribution in [0.25, 0.3) is 11.4 Å². The topological polar surface area (TPSA) is 85.6 Å². The summed E-state index contributed by atoms with van der Waals surface area (Å²) < 4.78 is 0. The van der Waals surface area contributed by atoms with E-state index in [1.165, 1.54) is 4.80 Å². The first-order chi connectivity index (χ1) is 11.2. The van der Waals surface area contributed by atoms with E-state index in [4.69, 9.17) is 0 Å². The molecule has 0 radical (unpaired) electrons. The van der Waals surface area contributed by atoms with Crippen LogP contribution >= 0.6 is 11.3 Å². The lowest BCUT2D eigenvalue weighted by atomic mass is 10.2. The third kappa shape index (κ3) is 3.78. The first kappa shape index (κ1) is 15.3. The number of amides is 1. The Morgan fingerprint density at radius 1 is 1.35 bits per heavy atom. The maximum Gasteiger partial charge on any atom is 0.246 e. The van der Waals surface area contributed by atoms with E-state index in [-0.39, 0.29) is 5.91 Å².